The van der Waals surface area contributed by atoms with E-state index in [1.165, 1.54) is 12.1 Å². The van der Waals surface area contributed by atoms with Crippen LogP contribution in [0.15, 0.2) is 48.7 Å². The Hall–Kier alpha value is -2.90. The van der Waals surface area contributed by atoms with Gasteiger partial charge in [0, 0.05) is 37.9 Å². The Balaban J connectivity index is 1.65. The van der Waals surface area contributed by atoms with E-state index in [-0.39, 0.29) is 17.4 Å². The lowest BCUT2D eigenvalue weighted by Crippen LogP contribution is -2.37. The fourth-order valence-corrected chi connectivity index (χ4v) is 2.96. The Morgan fingerprint density at radius 2 is 1.48 bits per heavy atom. The third-order valence-corrected chi connectivity index (χ3v) is 4.41. The van der Waals surface area contributed by atoms with Crippen LogP contribution >= 0.6 is 0 Å². The summed E-state index contributed by atoms with van der Waals surface area (Å²) in [6.07, 6.45) is -2.30. The van der Waals surface area contributed by atoms with E-state index < -0.39 is 11.7 Å². The van der Waals surface area contributed by atoms with E-state index >= 15 is 0 Å². The second-order valence-electron chi connectivity index (χ2n) is 6.23. The lowest BCUT2D eigenvalue weighted by molar-refractivity contribution is -0.137. The van der Waals surface area contributed by atoms with Gasteiger partial charge in [0.25, 0.3) is 11.8 Å². The molecule has 1 aromatic carbocycles. The molecular formula is C19H18F3N3O2. The van der Waals surface area contributed by atoms with E-state index in [9.17, 15) is 22.8 Å². The number of amides is 2. The minimum atomic E-state index is -4.43. The zero-order chi connectivity index (χ0) is 19.4. The predicted octanol–water partition coefficient (Wildman–Crippen LogP) is 3.09. The second kappa shape index (κ2) is 7.77. The van der Waals surface area contributed by atoms with Gasteiger partial charge in [0.1, 0.15) is 5.69 Å². The van der Waals surface area contributed by atoms with Crippen molar-refractivity contribution in [2.45, 2.75) is 12.6 Å². The van der Waals surface area contributed by atoms with Crippen molar-refractivity contribution in [1.82, 2.24) is 14.8 Å². The Morgan fingerprint density at radius 3 is 2.04 bits per heavy atom. The highest BCUT2D eigenvalue weighted by molar-refractivity contribution is 5.95. The quantitative estimate of drug-likeness (QED) is 0.808. The van der Waals surface area contributed by atoms with Gasteiger partial charge in [-0.3, -0.25) is 14.6 Å². The summed E-state index contributed by atoms with van der Waals surface area (Å²) in [6, 6.07) is 9.28. The lowest BCUT2D eigenvalue weighted by Gasteiger charge is -2.22. The van der Waals surface area contributed by atoms with Crippen LogP contribution in [0.5, 0.6) is 0 Å². The average molecular weight is 377 g/mol. The van der Waals surface area contributed by atoms with Crippen LogP contribution in [0.3, 0.4) is 0 Å². The van der Waals surface area contributed by atoms with E-state index in [1.807, 2.05) is 0 Å². The number of alkyl halides is 3. The molecule has 0 aliphatic carbocycles. The van der Waals surface area contributed by atoms with Gasteiger partial charge in [-0.2, -0.15) is 13.2 Å². The van der Waals surface area contributed by atoms with Gasteiger partial charge in [-0.25, -0.2) is 0 Å². The van der Waals surface area contributed by atoms with Gasteiger partial charge in [0.15, 0.2) is 0 Å². The third-order valence-electron chi connectivity index (χ3n) is 4.41. The Labute approximate surface area is 154 Å². The van der Waals surface area contributed by atoms with Crippen molar-refractivity contribution in [1.29, 1.82) is 0 Å². The molecule has 0 spiro atoms. The number of rotatable bonds is 2. The SMILES string of the molecule is O=C(c1ccc(C(F)(F)F)cc1)N1CCCN(C(=O)c2ccccn2)CC1. The molecule has 0 atom stereocenters. The normalized spacial score (nSPS) is 15.4. The maximum absolute atomic E-state index is 12.6. The Kier molecular flexibility index (Phi) is 5.43. The average Bonchev–Trinajstić information content (AvgIpc) is 2.93. The first kappa shape index (κ1) is 18.9. The van der Waals surface area contributed by atoms with Gasteiger partial charge < -0.3 is 9.80 Å². The van der Waals surface area contributed by atoms with Crippen LogP contribution in [0.2, 0.25) is 0 Å². The maximum atomic E-state index is 12.6. The van der Waals surface area contributed by atoms with Crippen LogP contribution < -0.4 is 0 Å². The molecule has 2 amide bonds. The summed E-state index contributed by atoms with van der Waals surface area (Å²) >= 11 is 0. The molecule has 1 aromatic heterocycles. The topological polar surface area (TPSA) is 53.5 Å². The molecule has 5 nitrogen and oxygen atoms in total. The number of carbonyl (C=O) groups is 2. The summed E-state index contributed by atoms with van der Waals surface area (Å²) in [5.74, 6) is -0.532. The summed E-state index contributed by atoms with van der Waals surface area (Å²) in [5, 5.41) is 0. The van der Waals surface area contributed by atoms with Crippen LogP contribution in [0.4, 0.5) is 13.2 Å². The molecule has 1 fully saturated rings. The zero-order valence-electron chi connectivity index (χ0n) is 14.4. The molecule has 0 N–H and O–H groups in total. The highest BCUT2D eigenvalue weighted by Crippen LogP contribution is 2.29. The van der Waals surface area contributed by atoms with Gasteiger partial charge in [-0.15, -0.1) is 0 Å². The van der Waals surface area contributed by atoms with Crippen molar-refractivity contribution < 1.29 is 22.8 Å². The van der Waals surface area contributed by atoms with Gasteiger partial charge in [-0.1, -0.05) is 6.07 Å². The molecule has 142 valence electrons. The Morgan fingerprint density at radius 1 is 0.852 bits per heavy atom. The summed E-state index contributed by atoms with van der Waals surface area (Å²) in [5.41, 5.74) is -0.241. The molecule has 0 saturated carbocycles. The van der Waals surface area contributed by atoms with Gasteiger partial charge in [-0.05, 0) is 42.8 Å². The van der Waals surface area contributed by atoms with Crippen molar-refractivity contribution in [2.24, 2.45) is 0 Å². The molecule has 1 aliphatic rings. The van der Waals surface area contributed by atoms with Crippen molar-refractivity contribution in [3.05, 3.63) is 65.5 Å². The fraction of sp³-hybridized carbons (Fsp3) is 0.316. The van der Waals surface area contributed by atoms with E-state index in [2.05, 4.69) is 4.98 Å². The van der Waals surface area contributed by atoms with Crippen molar-refractivity contribution >= 4 is 11.8 Å². The summed E-state index contributed by atoms with van der Waals surface area (Å²) in [7, 11) is 0. The molecule has 1 saturated heterocycles. The van der Waals surface area contributed by atoms with Crippen molar-refractivity contribution in [2.75, 3.05) is 26.2 Å². The lowest BCUT2D eigenvalue weighted by atomic mass is 10.1. The van der Waals surface area contributed by atoms with Crippen LogP contribution in [-0.2, 0) is 6.18 Å². The highest BCUT2D eigenvalue weighted by atomic mass is 19.4. The highest BCUT2D eigenvalue weighted by Gasteiger charge is 2.30. The number of pyridine rings is 1. The number of hydrogen-bond acceptors (Lipinski definition) is 3. The van der Waals surface area contributed by atoms with Crippen LogP contribution in [0, 0.1) is 0 Å². The van der Waals surface area contributed by atoms with E-state index in [0.29, 0.717) is 38.3 Å². The molecule has 0 bridgehead atoms. The molecule has 2 aromatic rings. The number of benzene rings is 1. The number of hydrogen-bond donors (Lipinski definition) is 0. The van der Waals surface area contributed by atoms with Crippen LogP contribution in [0.25, 0.3) is 0 Å². The third kappa shape index (κ3) is 4.45. The molecule has 2 heterocycles. The number of carbonyl (C=O) groups excluding carboxylic acids is 2. The first-order valence-electron chi connectivity index (χ1n) is 8.53. The standard InChI is InChI=1S/C19H18F3N3O2/c20-19(21,22)15-7-5-14(6-8-15)17(26)24-10-3-11-25(13-12-24)18(27)16-4-1-2-9-23-16/h1-2,4-9H,3,10-13H2. The molecule has 3 rings (SSSR count). The molecule has 8 heteroatoms. The van der Waals surface area contributed by atoms with Gasteiger partial charge in [0.05, 0.1) is 5.56 Å². The summed E-state index contributed by atoms with van der Waals surface area (Å²) in [4.78, 5) is 32.3. The van der Waals surface area contributed by atoms with Crippen molar-refractivity contribution in [3.8, 4) is 0 Å². The molecule has 27 heavy (non-hydrogen) atoms. The minimum Gasteiger partial charge on any atom is -0.337 e. The van der Waals surface area contributed by atoms with E-state index in [0.717, 1.165) is 12.1 Å². The second-order valence-corrected chi connectivity index (χ2v) is 6.23. The minimum absolute atomic E-state index is 0.195. The smallest absolute Gasteiger partial charge is 0.337 e. The molecular weight excluding hydrogens is 359 g/mol. The first-order chi connectivity index (χ1) is 12.9. The van der Waals surface area contributed by atoms with E-state index in [4.69, 9.17) is 0 Å². The predicted molar refractivity (Wildman–Crippen MR) is 92.1 cm³/mol. The van der Waals surface area contributed by atoms with Gasteiger partial charge in [0.2, 0.25) is 0 Å². The first-order valence-corrected chi connectivity index (χ1v) is 8.53. The van der Waals surface area contributed by atoms with E-state index in [1.54, 1.807) is 34.2 Å². The summed E-state index contributed by atoms with van der Waals surface area (Å²) in [6.45, 7) is 1.60. The number of halogens is 3. The Bertz CT molecular complexity index is 807. The maximum Gasteiger partial charge on any atom is 0.416 e. The number of nitrogens with zero attached hydrogens (tertiary/aromatic N) is 3. The fourth-order valence-electron chi connectivity index (χ4n) is 2.96. The number of aromatic nitrogens is 1. The van der Waals surface area contributed by atoms with Crippen LogP contribution in [0.1, 0.15) is 32.8 Å². The zero-order valence-corrected chi connectivity index (χ0v) is 14.4. The molecule has 1 aliphatic heterocycles. The van der Waals surface area contributed by atoms with Crippen LogP contribution in [-0.4, -0.2) is 52.8 Å². The van der Waals surface area contributed by atoms with Gasteiger partial charge >= 0.3 is 6.18 Å². The molecule has 0 radical (unpaired) electrons. The van der Waals surface area contributed by atoms with Crippen molar-refractivity contribution in [3.63, 3.8) is 0 Å². The summed E-state index contributed by atoms with van der Waals surface area (Å²) < 4.78 is 37.9. The monoisotopic (exact) mass is 377 g/mol. The largest absolute Gasteiger partial charge is 0.416 e. The molecule has 0 unspecified atom stereocenters.